The highest BCUT2D eigenvalue weighted by Gasteiger charge is 2.29. The van der Waals surface area contributed by atoms with E-state index in [9.17, 15) is 23.7 Å². The lowest BCUT2D eigenvalue weighted by molar-refractivity contribution is -0.385. The highest BCUT2D eigenvalue weighted by atomic mass is 19.3. The number of hydrogen-bond donors (Lipinski definition) is 1. The summed E-state index contributed by atoms with van der Waals surface area (Å²) in [6, 6.07) is 3.79. The molecule has 3 aromatic rings. The van der Waals surface area contributed by atoms with Gasteiger partial charge in [0.25, 0.3) is 18.0 Å². The van der Waals surface area contributed by atoms with Gasteiger partial charge in [-0.2, -0.15) is 5.10 Å². The molecule has 0 unspecified atom stereocenters. The first kappa shape index (κ1) is 16.9. The number of fused-ring (bicyclic) bond motifs is 1. The zero-order chi connectivity index (χ0) is 19.1. The van der Waals surface area contributed by atoms with Crippen molar-refractivity contribution in [2.24, 2.45) is 0 Å². The van der Waals surface area contributed by atoms with E-state index in [4.69, 9.17) is 0 Å². The predicted octanol–water partition coefficient (Wildman–Crippen LogP) is 3.10. The van der Waals surface area contributed by atoms with Gasteiger partial charge >= 0.3 is 0 Å². The lowest BCUT2D eigenvalue weighted by Gasteiger charge is -2.08. The van der Waals surface area contributed by atoms with Crippen LogP contribution in [0, 0.1) is 10.1 Å². The van der Waals surface area contributed by atoms with Crippen molar-refractivity contribution >= 4 is 23.1 Å². The minimum absolute atomic E-state index is 0.0135. The van der Waals surface area contributed by atoms with Gasteiger partial charge in [0, 0.05) is 17.7 Å². The molecule has 4 rings (SSSR count). The van der Waals surface area contributed by atoms with Crippen LogP contribution in [0.5, 0.6) is 0 Å². The summed E-state index contributed by atoms with van der Waals surface area (Å²) in [5, 5.41) is 17.0. The van der Waals surface area contributed by atoms with Gasteiger partial charge in [-0.3, -0.25) is 14.9 Å². The number of amides is 1. The molecule has 0 aliphatic heterocycles. The van der Waals surface area contributed by atoms with E-state index >= 15 is 0 Å². The lowest BCUT2D eigenvalue weighted by atomic mass is 10.2. The molecule has 0 spiro atoms. The molecular formula is C16H12F2N6O3. The summed E-state index contributed by atoms with van der Waals surface area (Å²) < 4.78 is 27.7. The molecule has 3 heterocycles. The van der Waals surface area contributed by atoms with E-state index in [0.29, 0.717) is 5.69 Å². The molecule has 9 nitrogen and oxygen atoms in total. The van der Waals surface area contributed by atoms with Crippen LogP contribution in [0.1, 0.15) is 46.9 Å². The van der Waals surface area contributed by atoms with E-state index in [0.717, 1.165) is 29.8 Å². The van der Waals surface area contributed by atoms with Gasteiger partial charge in [-0.15, -0.1) is 0 Å². The molecule has 1 amide bonds. The molecule has 138 valence electrons. The fourth-order valence-electron chi connectivity index (χ4n) is 2.66. The Morgan fingerprint density at radius 3 is 2.70 bits per heavy atom. The standard InChI is InChI=1S/C16H12F2N6O3/c17-14(18)12-5-11(8-1-2-8)21-15-10(7-20-23(12)15)16(25)22-13-4-3-9(6-19-13)24(26)27/h3-8,14H,1-2H2,(H,19,22,25). The van der Waals surface area contributed by atoms with Gasteiger partial charge in [0.2, 0.25) is 0 Å². The van der Waals surface area contributed by atoms with E-state index in [-0.39, 0.29) is 34.3 Å². The fourth-order valence-corrected chi connectivity index (χ4v) is 2.66. The maximum absolute atomic E-state index is 13.4. The van der Waals surface area contributed by atoms with Crippen LogP contribution < -0.4 is 5.32 Å². The lowest BCUT2D eigenvalue weighted by Crippen LogP contribution is -2.14. The van der Waals surface area contributed by atoms with Crippen LogP contribution in [0.3, 0.4) is 0 Å². The largest absolute Gasteiger partial charge is 0.306 e. The van der Waals surface area contributed by atoms with Crippen LogP contribution >= 0.6 is 0 Å². The van der Waals surface area contributed by atoms with Gasteiger partial charge in [-0.05, 0) is 25.0 Å². The fraction of sp³-hybridized carbons (Fsp3) is 0.250. The quantitative estimate of drug-likeness (QED) is 0.542. The molecule has 0 atom stereocenters. The van der Waals surface area contributed by atoms with Crippen molar-refractivity contribution in [1.29, 1.82) is 0 Å². The number of aromatic nitrogens is 4. The molecule has 3 aromatic heterocycles. The summed E-state index contributed by atoms with van der Waals surface area (Å²) in [6.07, 6.45) is 1.14. The van der Waals surface area contributed by atoms with Gasteiger partial charge in [-0.1, -0.05) is 0 Å². The second-order valence-corrected chi connectivity index (χ2v) is 6.09. The Morgan fingerprint density at radius 1 is 1.33 bits per heavy atom. The van der Waals surface area contributed by atoms with Crippen LogP contribution in [0.25, 0.3) is 5.65 Å². The third-order valence-electron chi connectivity index (χ3n) is 4.18. The van der Waals surface area contributed by atoms with E-state index in [2.05, 4.69) is 20.4 Å². The predicted molar refractivity (Wildman–Crippen MR) is 88.8 cm³/mol. The van der Waals surface area contributed by atoms with Crippen LogP contribution in [0.15, 0.2) is 30.6 Å². The highest BCUT2D eigenvalue weighted by molar-refractivity contribution is 6.07. The van der Waals surface area contributed by atoms with E-state index in [1.54, 1.807) is 0 Å². The Hall–Kier alpha value is -3.50. The van der Waals surface area contributed by atoms with Gasteiger partial charge in [0.15, 0.2) is 5.65 Å². The zero-order valence-corrected chi connectivity index (χ0v) is 13.7. The second kappa shape index (κ2) is 6.34. The molecule has 11 heteroatoms. The zero-order valence-electron chi connectivity index (χ0n) is 13.7. The SMILES string of the molecule is O=C(Nc1ccc([N+](=O)[O-])cn1)c1cnn2c(C(F)F)cc(C3CC3)nc12. The van der Waals surface area contributed by atoms with E-state index in [1.807, 2.05) is 0 Å². The molecule has 1 fully saturated rings. The average Bonchev–Trinajstić information content (AvgIpc) is 3.40. The first-order valence-electron chi connectivity index (χ1n) is 8.02. The Morgan fingerprint density at radius 2 is 2.11 bits per heavy atom. The monoisotopic (exact) mass is 374 g/mol. The maximum atomic E-state index is 13.4. The number of halogens is 2. The number of nitro groups is 1. The molecule has 0 saturated heterocycles. The molecule has 27 heavy (non-hydrogen) atoms. The summed E-state index contributed by atoms with van der Waals surface area (Å²) in [6.45, 7) is 0. The van der Waals surface area contributed by atoms with Crippen molar-refractivity contribution in [3.8, 4) is 0 Å². The maximum Gasteiger partial charge on any atom is 0.287 e. The van der Waals surface area contributed by atoms with Crippen molar-refractivity contribution in [3.63, 3.8) is 0 Å². The summed E-state index contributed by atoms with van der Waals surface area (Å²) in [4.78, 5) is 30.7. The first-order chi connectivity index (χ1) is 12.9. The third kappa shape index (κ3) is 3.18. The highest BCUT2D eigenvalue weighted by Crippen LogP contribution is 2.40. The minimum atomic E-state index is -2.76. The van der Waals surface area contributed by atoms with Gasteiger partial charge < -0.3 is 5.32 Å². The minimum Gasteiger partial charge on any atom is -0.306 e. The molecule has 1 aliphatic carbocycles. The van der Waals surface area contributed by atoms with Crippen LogP contribution in [-0.2, 0) is 0 Å². The number of nitrogens with one attached hydrogen (secondary N) is 1. The van der Waals surface area contributed by atoms with Crippen molar-refractivity contribution in [2.45, 2.75) is 25.2 Å². The summed E-state index contributed by atoms with van der Waals surface area (Å²) in [5.74, 6) is -0.445. The van der Waals surface area contributed by atoms with Crippen molar-refractivity contribution < 1.29 is 18.5 Å². The summed E-state index contributed by atoms with van der Waals surface area (Å²) in [7, 11) is 0. The smallest absolute Gasteiger partial charge is 0.287 e. The van der Waals surface area contributed by atoms with Crippen LogP contribution in [-0.4, -0.2) is 30.4 Å². The number of alkyl halides is 2. The van der Waals surface area contributed by atoms with Gasteiger partial charge in [0.1, 0.15) is 23.3 Å². The van der Waals surface area contributed by atoms with Crippen molar-refractivity contribution in [1.82, 2.24) is 19.6 Å². The van der Waals surface area contributed by atoms with Gasteiger partial charge in [0.05, 0.1) is 11.1 Å². The second-order valence-electron chi connectivity index (χ2n) is 6.09. The Bertz CT molecular complexity index is 1050. The first-order valence-corrected chi connectivity index (χ1v) is 8.02. The molecule has 0 radical (unpaired) electrons. The molecule has 1 saturated carbocycles. The molecule has 1 N–H and O–H groups in total. The molecule has 0 bridgehead atoms. The number of anilines is 1. The number of nitrogens with zero attached hydrogens (tertiary/aromatic N) is 5. The Balaban J connectivity index is 1.68. The Labute approximate surface area is 150 Å². The number of hydrogen-bond acceptors (Lipinski definition) is 6. The Kier molecular flexibility index (Phi) is 3.98. The average molecular weight is 374 g/mol. The van der Waals surface area contributed by atoms with Crippen molar-refractivity contribution in [2.75, 3.05) is 5.32 Å². The normalized spacial score (nSPS) is 13.9. The molecule has 0 aromatic carbocycles. The molecular weight excluding hydrogens is 362 g/mol. The summed E-state index contributed by atoms with van der Waals surface area (Å²) in [5.41, 5.74) is 0.0187. The topological polar surface area (TPSA) is 115 Å². The number of carbonyl (C=O) groups is 1. The molecule has 1 aliphatic rings. The third-order valence-corrected chi connectivity index (χ3v) is 4.18. The summed E-state index contributed by atoms with van der Waals surface area (Å²) >= 11 is 0. The van der Waals surface area contributed by atoms with Crippen LogP contribution in [0.2, 0.25) is 0 Å². The van der Waals surface area contributed by atoms with E-state index < -0.39 is 17.3 Å². The van der Waals surface area contributed by atoms with Crippen molar-refractivity contribution in [3.05, 3.63) is 57.7 Å². The van der Waals surface area contributed by atoms with Gasteiger partial charge in [-0.25, -0.2) is 23.3 Å². The number of carbonyl (C=O) groups excluding carboxylic acids is 1. The van der Waals surface area contributed by atoms with Crippen LogP contribution in [0.4, 0.5) is 20.3 Å². The van der Waals surface area contributed by atoms with E-state index in [1.165, 1.54) is 18.2 Å². The number of rotatable bonds is 5. The number of pyridine rings is 1.